The van der Waals surface area contributed by atoms with Crippen LogP contribution in [0, 0.1) is 11.8 Å². The van der Waals surface area contributed by atoms with Gasteiger partial charge in [-0.3, -0.25) is 0 Å². The maximum absolute atomic E-state index is 5.93. The summed E-state index contributed by atoms with van der Waals surface area (Å²) in [5, 5.41) is 0. The summed E-state index contributed by atoms with van der Waals surface area (Å²) in [5.41, 5.74) is 1.28. The second-order valence-corrected chi connectivity index (χ2v) is 4.51. The summed E-state index contributed by atoms with van der Waals surface area (Å²) in [6.45, 7) is 0.770. The van der Waals surface area contributed by atoms with E-state index in [9.17, 15) is 0 Å². The van der Waals surface area contributed by atoms with Crippen molar-refractivity contribution in [2.45, 2.75) is 25.6 Å². The average Bonchev–Trinajstić information content (AvgIpc) is 3.01. The highest BCUT2D eigenvalue weighted by Gasteiger charge is 2.49. The van der Waals surface area contributed by atoms with Gasteiger partial charge in [0.25, 0.3) is 0 Å². The van der Waals surface area contributed by atoms with Crippen molar-refractivity contribution in [1.82, 2.24) is 0 Å². The number of allylic oxidation sites excluding steroid dienone is 1. The van der Waals surface area contributed by atoms with Crippen LogP contribution in [0.15, 0.2) is 42.5 Å². The minimum atomic E-state index is 0.504. The monoisotopic (exact) mass is 200 g/mol. The third-order valence-electron chi connectivity index (χ3n) is 3.47. The lowest BCUT2D eigenvalue weighted by Crippen LogP contribution is -1.98. The molecule has 0 N–H and O–H groups in total. The molecule has 0 aliphatic heterocycles. The van der Waals surface area contributed by atoms with Crippen molar-refractivity contribution >= 4 is 0 Å². The molecule has 0 amide bonds. The molecule has 2 aliphatic carbocycles. The van der Waals surface area contributed by atoms with E-state index in [1.807, 2.05) is 6.07 Å². The Morgan fingerprint density at radius 2 is 2.07 bits per heavy atom. The molecule has 0 aromatic heterocycles. The molecular weight excluding hydrogens is 184 g/mol. The van der Waals surface area contributed by atoms with Gasteiger partial charge in [0.1, 0.15) is 0 Å². The highest BCUT2D eigenvalue weighted by atomic mass is 16.5. The van der Waals surface area contributed by atoms with Crippen LogP contribution in [-0.2, 0) is 11.3 Å². The van der Waals surface area contributed by atoms with E-state index in [0.717, 1.165) is 18.4 Å². The fourth-order valence-electron chi connectivity index (χ4n) is 2.52. The Morgan fingerprint density at radius 1 is 1.20 bits per heavy atom. The van der Waals surface area contributed by atoms with Crippen LogP contribution >= 0.6 is 0 Å². The predicted octanol–water partition coefficient (Wildman–Crippen LogP) is 3.17. The third kappa shape index (κ3) is 1.84. The summed E-state index contributed by atoms with van der Waals surface area (Å²) in [6, 6.07) is 10.4. The van der Waals surface area contributed by atoms with Gasteiger partial charge in [0, 0.05) is 5.92 Å². The molecule has 2 aliphatic rings. The molecule has 1 saturated carbocycles. The molecule has 1 aromatic rings. The lowest BCUT2D eigenvalue weighted by Gasteiger charge is -2.02. The maximum atomic E-state index is 5.93. The van der Waals surface area contributed by atoms with Crippen LogP contribution in [0.25, 0.3) is 0 Å². The molecule has 1 heteroatoms. The minimum Gasteiger partial charge on any atom is -0.373 e. The van der Waals surface area contributed by atoms with Crippen LogP contribution in [0.5, 0.6) is 0 Å². The highest BCUT2D eigenvalue weighted by Crippen LogP contribution is 2.48. The van der Waals surface area contributed by atoms with Gasteiger partial charge in [-0.15, -0.1) is 0 Å². The Bertz CT molecular complexity index is 355. The van der Waals surface area contributed by atoms with Gasteiger partial charge in [0.2, 0.25) is 0 Å². The zero-order valence-electron chi connectivity index (χ0n) is 8.80. The molecule has 0 bridgehead atoms. The molecule has 0 spiro atoms. The molecule has 1 nitrogen and oxygen atoms in total. The summed E-state index contributed by atoms with van der Waals surface area (Å²) in [6.07, 6.45) is 7.70. The summed E-state index contributed by atoms with van der Waals surface area (Å²) < 4.78 is 5.93. The Balaban J connectivity index is 1.54. The van der Waals surface area contributed by atoms with Gasteiger partial charge in [-0.2, -0.15) is 0 Å². The highest BCUT2D eigenvalue weighted by molar-refractivity contribution is 5.16. The Hall–Kier alpha value is -1.08. The lowest BCUT2D eigenvalue weighted by molar-refractivity contribution is 0.0905. The SMILES string of the molecule is C1=C[C@@H]2[C@H](CC1)[C@H]2OCc1ccccc1. The molecule has 3 atom stereocenters. The van der Waals surface area contributed by atoms with E-state index in [-0.39, 0.29) is 0 Å². The van der Waals surface area contributed by atoms with E-state index >= 15 is 0 Å². The standard InChI is InChI=1S/C14H16O/c1-2-6-11(7-3-1)10-15-14-12-8-4-5-9-13(12)14/h1-4,6-8,12-14H,5,9-10H2/t12-,13+,14+/m1/s1. The molecule has 0 unspecified atom stereocenters. The number of hydrogen-bond donors (Lipinski definition) is 0. The van der Waals surface area contributed by atoms with E-state index in [4.69, 9.17) is 4.74 Å². The van der Waals surface area contributed by atoms with Crippen molar-refractivity contribution in [2.75, 3.05) is 0 Å². The molecule has 1 fully saturated rings. The number of hydrogen-bond acceptors (Lipinski definition) is 1. The number of benzene rings is 1. The van der Waals surface area contributed by atoms with E-state index < -0.39 is 0 Å². The van der Waals surface area contributed by atoms with Gasteiger partial charge in [0.05, 0.1) is 12.7 Å². The molecular formula is C14H16O. The summed E-state index contributed by atoms with van der Waals surface area (Å²) in [7, 11) is 0. The van der Waals surface area contributed by atoms with Crippen molar-refractivity contribution in [2.24, 2.45) is 11.8 Å². The molecule has 0 saturated heterocycles. The van der Waals surface area contributed by atoms with Crippen LogP contribution in [0.2, 0.25) is 0 Å². The fourth-order valence-corrected chi connectivity index (χ4v) is 2.52. The number of fused-ring (bicyclic) bond motifs is 1. The second kappa shape index (κ2) is 3.82. The first-order chi connectivity index (χ1) is 7.45. The number of ether oxygens (including phenoxy) is 1. The van der Waals surface area contributed by atoms with Gasteiger partial charge < -0.3 is 4.74 Å². The number of rotatable bonds is 3. The Morgan fingerprint density at radius 3 is 2.80 bits per heavy atom. The van der Waals surface area contributed by atoms with Gasteiger partial charge in [-0.25, -0.2) is 0 Å². The van der Waals surface area contributed by atoms with Crippen LogP contribution in [0.1, 0.15) is 18.4 Å². The van der Waals surface area contributed by atoms with Crippen molar-refractivity contribution in [3.8, 4) is 0 Å². The van der Waals surface area contributed by atoms with Crippen molar-refractivity contribution < 1.29 is 4.74 Å². The summed E-state index contributed by atoms with van der Waals surface area (Å²) >= 11 is 0. The largest absolute Gasteiger partial charge is 0.373 e. The molecule has 3 rings (SSSR count). The van der Waals surface area contributed by atoms with Crippen LogP contribution < -0.4 is 0 Å². The zero-order chi connectivity index (χ0) is 10.1. The van der Waals surface area contributed by atoms with E-state index in [1.165, 1.54) is 18.4 Å². The van der Waals surface area contributed by atoms with Crippen molar-refractivity contribution in [3.05, 3.63) is 48.0 Å². The van der Waals surface area contributed by atoms with Gasteiger partial charge in [-0.05, 0) is 24.3 Å². The zero-order valence-corrected chi connectivity index (χ0v) is 8.80. The van der Waals surface area contributed by atoms with Gasteiger partial charge >= 0.3 is 0 Å². The topological polar surface area (TPSA) is 9.23 Å². The maximum Gasteiger partial charge on any atom is 0.0721 e. The van der Waals surface area contributed by atoms with Gasteiger partial charge in [-0.1, -0.05) is 42.5 Å². The first-order valence-corrected chi connectivity index (χ1v) is 5.77. The first kappa shape index (κ1) is 9.17. The van der Waals surface area contributed by atoms with Crippen LogP contribution in [0.3, 0.4) is 0 Å². The van der Waals surface area contributed by atoms with E-state index in [2.05, 4.69) is 36.4 Å². The predicted molar refractivity (Wildman–Crippen MR) is 60.4 cm³/mol. The molecule has 15 heavy (non-hydrogen) atoms. The molecule has 1 aromatic carbocycles. The second-order valence-electron chi connectivity index (χ2n) is 4.51. The fraction of sp³-hybridized carbons (Fsp3) is 0.429. The van der Waals surface area contributed by atoms with Crippen LogP contribution in [-0.4, -0.2) is 6.10 Å². The minimum absolute atomic E-state index is 0.504. The normalized spacial score (nSPS) is 32.4. The van der Waals surface area contributed by atoms with E-state index in [1.54, 1.807) is 0 Å². The Kier molecular flexibility index (Phi) is 2.34. The molecule has 0 heterocycles. The third-order valence-corrected chi connectivity index (χ3v) is 3.47. The lowest BCUT2D eigenvalue weighted by atomic mass is 10.1. The summed E-state index contributed by atoms with van der Waals surface area (Å²) in [4.78, 5) is 0. The van der Waals surface area contributed by atoms with Gasteiger partial charge in [0.15, 0.2) is 0 Å². The Labute approximate surface area is 90.8 Å². The first-order valence-electron chi connectivity index (χ1n) is 5.77. The van der Waals surface area contributed by atoms with E-state index in [0.29, 0.717) is 6.10 Å². The summed E-state index contributed by atoms with van der Waals surface area (Å²) in [5.74, 6) is 1.54. The smallest absolute Gasteiger partial charge is 0.0721 e. The van der Waals surface area contributed by atoms with Crippen LogP contribution in [0.4, 0.5) is 0 Å². The van der Waals surface area contributed by atoms with Crippen molar-refractivity contribution in [3.63, 3.8) is 0 Å². The quantitative estimate of drug-likeness (QED) is 0.681. The molecule has 78 valence electrons. The average molecular weight is 200 g/mol. The van der Waals surface area contributed by atoms with Crippen molar-refractivity contribution in [1.29, 1.82) is 0 Å². The molecule has 0 radical (unpaired) electrons.